The summed E-state index contributed by atoms with van der Waals surface area (Å²) in [6.45, 7) is 1.90. The molecule has 3 rings (SSSR count). The maximum absolute atomic E-state index is 12.8. The summed E-state index contributed by atoms with van der Waals surface area (Å²) in [5.74, 6) is -1.27. The van der Waals surface area contributed by atoms with Crippen LogP contribution in [0.1, 0.15) is 24.9 Å². The van der Waals surface area contributed by atoms with Crippen molar-refractivity contribution in [2.24, 2.45) is 0 Å². The normalized spacial score (nSPS) is 18.0. The molecular formula is C18H18N2O3. The highest BCUT2D eigenvalue weighted by Crippen LogP contribution is 2.37. The van der Waals surface area contributed by atoms with Crippen LogP contribution in [0.5, 0.6) is 0 Å². The van der Waals surface area contributed by atoms with Gasteiger partial charge < -0.3 is 10.4 Å². The first kappa shape index (κ1) is 15.1. The van der Waals surface area contributed by atoms with Gasteiger partial charge in [0.15, 0.2) is 6.04 Å². The summed E-state index contributed by atoms with van der Waals surface area (Å²) in [7, 11) is 0. The third-order valence-corrected chi connectivity index (χ3v) is 4.04. The van der Waals surface area contributed by atoms with Gasteiger partial charge in [0.25, 0.3) is 5.91 Å². The van der Waals surface area contributed by atoms with E-state index in [1.807, 2.05) is 25.1 Å². The lowest BCUT2D eigenvalue weighted by atomic mass is 9.99. The molecule has 2 aromatic carbocycles. The predicted octanol–water partition coefficient (Wildman–Crippen LogP) is 3.05. The molecule has 0 aromatic heterocycles. The number of carbonyl (C=O) groups excluding carboxylic acids is 1. The minimum absolute atomic E-state index is 0.220. The number of carboxylic acids is 1. The number of fused-ring (bicyclic) bond motifs is 1. The molecule has 1 amide bonds. The Morgan fingerprint density at radius 2 is 1.83 bits per heavy atom. The molecule has 2 aromatic rings. The van der Waals surface area contributed by atoms with Crippen molar-refractivity contribution in [2.75, 3.05) is 10.2 Å². The summed E-state index contributed by atoms with van der Waals surface area (Å²) >= 11 is 0. The standard InChI is InChI=1S/C18H18N2O3/c1-2-13-17(21)20(15-11-7-6-10-14(15)19-13)16(18(22)23)12-8-4-3-5-9-12/h3-11,13,16,19H,2H2,1H3,(H,22,23). The first-order valence-electron chi connectivity index (χ1n) is 7.60. The molecule has 5 nitrogen and oxygen atoms in total. The van der Waals surface area contributed by atoms with E-state index in [1.54, 1.807) is 36.4 Å². The summed E-state index contributed by atoms with van der Waals surface area (Å²) in [6, 6.07) is 14.7. The lowest BCUT2D eigenvalue weighted by molar-refractivity contribution is -0.140. The molecular weight excluding hydrogens is 292 g/mol. The number of nitrogens with zero attached hydrogens (tertiary/aromatic N) is 1. The topological polar surface area (TPSA) is 69.6 Å². The van der Waals surface area contributed by atoms with Crippen molar-refractivity contribution in [2.45, 2.75) is 25.4 Å². The van der Waals surface area contributed by atoms with Crippen LogP contribution in [0.15, 0.2) is 54.6 Å². The number of anilines is 2. The van der Waals surface area contributed by atoms with E-state index in [0.29, 0.717) is 17.7 Å². The van der Waals surface area contributed by atoms with E-state index >= 15 is 0 Å². The van der Waals surface area contributed by atoms with Crippen LogP contribution in [0, 0.1) is 0 Å². The average Bonchev–Trinajstić information content (AvgIpc) is 2.57. The molecule has 0 aliphatic carbocycles. The summed E-state index contributed by atoms with van der Waals surface area (Å²) in [5.41, 5.74) is 1.96. The van der Waals surface area contributed by atoms with Gasteiger partial charge in [-0.25, -0.2) is 4.79 Å². The summed E-state index contributed by atoms with van der Waals surface area (Å²) in [6.07, 6.45) is 0.588. The van der Waals surface area contributed by atoms with Crippen molar-refractivity contribution in [1.82, 2.24) is 0 Å². The number of hydrogen-bond acceptors (Lipinski definition) is 3. The second kappa shape index (κ2) is 6.12. The Kier molecular flexibility index (Phi) is 4.02. The summed E-state index contributed by atoms with van der Waals surface area (Å²) in [4.78, 5) is 26.2. The van der Waals surface area contributed by atoms with Gasteiger partial charge in [-0.2, -0.15) is 0 Å². The average molecular weight is 310 g/mol. The van der Waals surface area contributed by atoms with Crippen LogP contribution in [0.25, 0.3) is 0 Å². The second-order valence-corrected chi connectivity index (χ2v) is 5.48. The number of hydrogen-bond donors (Lipinski definition) is 2. The fourth-order valence-corrected chi connectivity index (χ4v) is 2.92. The molecule has 0 fully saturated rings. The van der Waals surface area contributed by atoms with E-state index in [9.17, 15) is 14.7 Å². The minimum atomic E-state index is -1.05. The number of aliphatic carboxylic acids is 1. The zero-order chi connectivity index (χ0) is 16.4. The van der Waals surface area contributed by atoms with E-state index < -0.39 is 18.1 Å². The number of rotatable bonds is 4. The van der Waals surface area contributed by atoms with E-state index in [-0.39, 0.29) is 5.91 Å². The highest BCUT2D eigenvalue weighted by Gasteiger charge is 2.39. The zero-order valence-electron chi connectivity index (χ0n) is 12.8. The molecule has 2 N–H and O–H groups in total. The monoisotopic (exact) mass is 310 g/mol. The highest BCUT2D eigenvalue weighted by molar-refractivity contribution is 6.08. The molecule has 2 atom stereocenters. The van der Waals surface area contributed by atoms with Crippen LogP contribution in [-0.4, -0.2) is 23.0 Å². The highest BCUT2D eigenvalue weighted by atomic mass is 16.4. The van der Waals surface area contributed by atoms with Crippen molar-refractivity contribution in [1.29, 1.82) is 0 Å². The van der Waals surface area contributed by atoms with Gasteiger partial charge >= 0.3 is 5.97 Å². The molecule has 0 saturated carbocycles. The molecule has 1 aliphatic rings. The Labute approximate surface area is 134 Å². The van der Waals surface area contributed by atoms with Crippen LogP contribution in [0.2, 0.25) is 0 Å². The number of carbonyl (C=O) groups is 2. The van der Waals surface area contributed by atoms with Gasteiger partial charge in [0.05, 0.1) is 11.4 Å². The molecule has 0 saturated heterocycles. The van der Waals surface area contributed by atoms with Crippen LogP contribution in [0.4, 0.5) is 11.4 Å². The van der Waals surface area contributed by atoms with Crippen LogP contribution in [-0.2, 0) is 9.59 Å². The maximum atomic E-state index is 12.8. The Bertz CT molecular complexity index is 730. The van der Waals surface area contributed by atoms with Crippen LogP contribution >= 0.6 is 0 Å². The van der Waals surface area contributed by atoms with E-state index in [1.165, 1.54) is 4.90 Å². The van der Waals surface area contributed by atoms with Gasteiger partial charge in [0, 0.05) is 0 Å². The van der Waals surface area contributed by atoms with Crippen LogP contribution in [0.3, 0.4) is 0 Å². The largest absolute Gasteiger partial charge is 0.479 e. The zero-order valence-corrected chi connectivity index (χ0v) is 12.8. The maximum Gasteiger partial charge on any atom is 0.331 e. The van der Waals surface area contributed by atoms with Gasteiger partial charge in [-0.15, -0.1) is 0 Å². The molecule has 2 unspecified atom stereocenters. The Balaban J connectivity index is 2.14. The number of carboxylic acid groups (broad SMARTS) is 1. The lowest BCUT2D eigenvalue weighted by Crippen LogP contribution is -2.50. The van der Waals surface area contributed by atoms with Gasteiger partial charge in [-0.3, -0.25) is 9.69 Å². The van der Waals surface area contributed by atoms with Gasteiger partial charge in [-0.05, 0) is 24.1 Å². The fourth-order valence-electron chi connectivity index (χ4n) is 2.92. The van der Waals surface area contributed by atoms with Crippen molar-refractivity contribution in [3.05, 3.63) is 60.2 Å². The van der Waals surface area contributed by atoms with Gasteiger partial charge in [0.2, 0.25) is 0 Å². The third-order valence-electron chi connectivity index (χ3n) is 4.04. The summed E-state index contributed by atoms with van der Waals surface area (Å²) in [5, 5.41) is 13.0. The summed E-state index contributed by atoms with van der Waals surface area (Å²) < 4.78 is 0. The Morgan fingerprint density at radius 1 is 1.17 bits per heavy atom. The smallest absolute Gasteiger partial charge is 0.331 e. The van der Waals surface area contributed by atoms with Crippen molar-refractivity contribution in [3.63, 3.8) is 0 Å². The molecule has 0 radical (unpaired) electrons. The number of amides is 1. The van der Waals surface area contributed by atoms with E-state index in [4.69, 9.17) is 0 Å². The number of benzene rings is 2. The Morgan fingerprint density at radius 3 is 2.48 bits per heavy atom. The van der Waals surface area contributed by atoms with Gasteiger partial charge in [0.1, 0.15) is 6.04 Å². The molecule has 23 heavy (non-hydrogen) atoms. The molecule has 5 heteroatoms. The molecule has 118 valence electrons. The van der Waals surface area contributed by atoms with E-state index in [2.05, 4.69) is 5.32 Å². The molecule has 1 aliphatic heterocycles. The van der Waals surface area contributed by atoms with Crippen molar-refractivity contribution in [3.8, 4) is 0 Å². The fraction of sp³-hybridized carbons (Fsp3) is 0.222. The SMILES string of the molecule is CCC1Nc2ccccc2N(C(C(=O)O)c2ccccc2)C1=O. The lowest BCUT2D eigenvalue weighted by Gasteiger charge is -2.38. The van der Waals surface area contributed by atoms with Crippen molar-refractivity contribution < 1.29 is 14.7 Å². The molecule has 1 heterocycles. The van der Waals surface area contributed by atoms with E-state index in [0.717, 1.165) is 5.69 Å². The van der Waals surface area contributed by atoms with Crippen molar-refractivity contribution >= 4 is 23.3 Å². The first-order chi connectivity index (χ1) is 11.1. The first-order valence-corrected chi connectivity index (χ1v) is 7.60. The second-order valence-electron chi connectivity index (χ2n) is 5.48. The molecule has 0 bridgehead atoms. The molecule has 0 spiro atoms. The quantitative estimate of drug-likeness (QED) is 0.910. The third kappa shape index (κ3) is 2.65. The minimum Gasteiger partial charge on any atom is -0.479 e. The number of para-hydroxylation sites is 2. The van der Waals surface area contributed by atoms with Crippen LogP contribution < -0.4 is 10.2 Å². The Hall–Kier alpha value is -2.82. The van der Waals surface area contributed by atoms with Gasteiger partial charge in [-0.1, -0.05) is 49.4 Å². The number of nitrogens with one attached hydrogen (secondary N) is 1. The predicted molar refractivity (Wildman–Crippen MR) is 88.4 cm³/mol.